The lowest BCUT2D eigenvalue weighted by atomic mass is 10.0. The minimum atomic E-state index is 0.794. The molecular weight excluding hydrogens is 146 g/mol. The highest BCUT2D eigenvalue weighted by Gasteiger charge is 2.18. The molecule has 0 aromatic heterocycles. The van der Waals surface area contributed by atoms with E-state index in [2.05, 4.69) is 18.2 Å². The molecule has 2 aliphatic rings. The van der Waals surface area contributed by atoms with E-state index in [0.717, 1.165) is 17.9 Å². The standard InChI is InChI=1S/C11H11N/c12-8-11-5-3-10(4-6-11)7-9-1-2-9/h3,5-7,9H,1-2,4H2. The molecule has 0 spiro atoms. The van der Waals surface area contributed by atoms with Crippen molar-refractivity contribution in [2.75, 3.05) is 0 Å². The summed E-state index contributed by atoms with van der Waals surface area (Å²) in [6.45, 7) is 0. The van der Waals surface area contributed by atoms with Gasteiger partial charge in [0.2, 0.25) is 0 Å². The number of rotatable bonds is 1. The fourth-order valence-corrected chi connectivity index (χ4v) is 1.33. The van der Waals surface area contributed by atoms with Gasteiger partial charge in [0.1, 0.15) is 0 Å². The van der Waals surface area contributed by atoms with Crippen LogP contribution in [0.2, 0.25) is 0 Å². The summed E-state index contributed by atoms with van der Waals surface area (Å²) in [4.78, 5) is 0. The van der Waals surface area contributed by atoms with Crippen molar-refractivity contribution in [1.29, 1.82) is 5.26 Å². The zero-order chi connectivity index (χ0) is 8.39. The molecule has 0 aromatic carbocycles. The maximum absolute atomic E-state index is 8.58. The summed E-state index contributed by atoms with van der Waals surface area (Å²) in [6, 6.07) is 2.14. The van der Waals surface area contributed by atoms with Gasteiger partial charge in [-0.15, -0.1) is 0 Å². The van der Waals surface area contributed by atoms with E-state index < -0.39 is 0 Å². The second-order valence-electron chi connectivity index (χ2n) is 3.39. The Kier molecular flexibility index (Phi) is 1.83. The Morgan fingerprint density at radius 3 is 2.75 bits per heavy atom. The molecule has 1 heteroatoms. The molecule has 0 aromatic rings. The van der Waals surface area contributed by atoms with Crippen LogP contribution in [0, 0.1) is 17.2 Å². The van der Waals surface area contributed by atoms with E-state index in [1.807, 2.05) is 12.2 Å². The van der Waals surface area contributed by atoms with Crippen molar-refractivity contribution in [2.24, 2.45) is 5.92 Å². The molecule has 2 rings (SSSR count). The average molecular weight is 157 g/mol. The fraction of sp³-hybridized carbons (Fsp3) is 0.364. The minimum absolute atomic E-state index is 0.794. The molecule has 0 radical (unpaired) electrons. The Labute approximate surface area is 72.7 Å². The maximum Gasteiger partial charge on any atom is 0.0988 e. The van der Waals surface area contributed by atoms with Crippen LogP contribution in [0.1, 0.15) is 19.3 Å². The highest BCUT2D eigenvalue weighted by Crippen LogP contribution is 2.32. The summed E-state index contributed by atoms with van der Waals surface area (Å²) in [5, 5.41) is 8.58. The molecule has 0 amide bonds. The van der Waals surface area contributed by atoms with Crippen molar-refractivity contribution in [1.82, 2.24) is 0 Å². The normalized spacial score (nSPS) is 25.2. The van der Waals surface area contributed by atoms with Crippen molar-refractivity contribution in [2.45, 2.75) is 19.3 Å². The lowest BCUT2D eigenvalue weighted by molar-refractivity contribution is 1.07. The average Bonchev–Trinajstić information content (AvgIpc) is 2.90. The van der Waals surface area contributed by atoms with Crippen LogP contribution in [0.15, 0.2) is 35.5 Å². The third-order valence-corrected chi connectivity index (χ3v) is 2.24. The molecule has 0 bridgehead atoms. The molecular formula is C11H11N. The predicted octanol–water partition coefficient (Wildman–Crippen LogP) is 2.73. The number of nitriles is 1. The summed E-state index contributed by atoms with van der Waals surface area (Å²) >= 11 is 0. The van der Waals surface area contributed by atoms with Crippen molar-refractivity contribution in [3.63, 3.8) is 0 Å². The van der Waals surface area contributed by atoms with E-state index in [9.17, 15) is 0 Å². The molecule has 0 saturated heterocycles. The smallest absolute Gasteiger partial charge is 0.0988 e. The first-order valence-electron chi connectivity index (χ1n) is 4.37. The zero-order valence-electron chi connectivity index (χ0n) is 6.96. The fourth-order valence-electron chi connectivity index (χ4n) is 1.33. The molecule has 0 heterocycles. The molecule has 0 aliphatic heterocycles. The first-order chi connectivity index (χ1) is 5.88. The molecule has 0 N–H and O–H groups in total. The van der Waals surface area contributed by atoms with E-state index in [1.165, 1.54) is 18.4 Å². The zero-order valence-corrected chi connectivity index (χ0v) is 6.96. The highest BCUT2D eigenvalue weighted by molar-refractivity contribution is 5.42. The molecule has 0 atom stereocenters. The number of allylic oxidation sites excluding steroid dienone is 6. The predicted molar refractivity (Wildman–Crippen MR) is 48.3 cm³/mol. The van der Waals surface area contributed by atoms with Gasteiger partial charge < -0.3 is 0 Å². The van der Waals surface area contributed by atoms with Crippen LogP contribution >= 0.6 is 0 Å². The number of nitrogens with zero attached hydrogens (tertiary/aromatic N) is 1. The Balaban J connectivity index is 2.04. The van der Waals surface area contributed by atoms with E-state index in [4.69, 9.17) is 5.26 Å². The van der Waals surface area contributed by atoms with Gasteiger partial charge in [-0.05, 0) is 36.8 Å². The van der Waals surface area contributed by atoms with Crippen LogP contribution in [0.5, 0.6) is 0 Å². The Hall–Kier alpha value is -1.29. The van der Waals surface area contributed by atoms with E-state index >= 15 is 0 Å². The largest absolute Gasteiger partial charge is 0.192 e. The van der Waals surface area contributed by atoms with Gasteiger partial charge in [-0.25, -0.2) is 0 Å². The summed E-state index contributed by atoms with van der Waals surface area (Å²) in [7, 11) is 0. The van der Waals surface area contributed by atoms with Gasteiger partial charge in [-0.1, -0.05) is 18.2 Å². The molecule has 12 heavy (non-hydrogen) atoms. The lowest BCUT2D eigenvalue weighted by Crippen LogP contribution is -1.86. The Morgan fingerprint density at radius 1 is 1.42 bits per heavy atom. The molecule has 60 valence electrons. The topological polar surface area (TPSA) is 23.8 Å². The van der Waals surface area contributed by atoms with Crippen molar-refractivity contribution in [3.05, 3.63) is 35.5 Å². The van der Waals surface area contributed by atoms with Crippen LogP contribution in [-0.2, 0) is 0 Å². The van der Waals surface area contributed by atoms with Gasteiger partial charge in [0, 0.05) is 5.57 Å². The first-order valence-corrected chi connectivity index (χ1v) is 4.37. The SMILES string of the molecule is N#CC1=CCC(=CC2CC2)C=C1. The Bertz CT molecular complexity index is 308. The third-order valence-electron chi connectivity index (χ3n) is 2.24. The quantitative estimate of drug-likeness (QED) is 0.574. The van der Waals surface area contributed by atoms with Gasteiger partial charge >= 0.3 is 0 Å². The van der Waals surface area contributed by atoms with Crippen molar-refractivity contribution < 1.29 is 0 Å². The van der Waals surface area contributed by atoms with Crippen molar-refractivity contribution >= 4 is 0 Å². The molecule has 1 nitrogen and oxygen atoms in total. The summed E-state index contributed by atoms with van der Waals surface area (Å²) < 4.78 is 0. The van der Waals surface area contributed by atoms with Gasteiger partial charge in [-0.2, -0.15) is 5.26 Å². The molecule has 0 unspecified atom stereocenters. The molecule has 1 fully saturated rings. The monoisotopic (exact) mass is 157 g/mol. The number of hydrogen-bond acceptors (Lipinski definition) is 1. The van der Waals surface area contributed by atoms with Crippen LogP contribution in [0.3, 0.4) is 0 Å². The summed E-state index contributed by atoms with van der Waals surface area (Å²) in [6.07, 6.45) is 11.9. The van der Waals surface area contributed by atoms with Crippen LogP contribution in [-0.4, -0.2) is 0 Å². The van der Waals surface area contributed by atoms with E-state index in [-0.39, 0.29) is 0 Å². The van der Waals surface area contributed by atoms with Gasteiger partial charge in [-0.3, -0.25) is 0 Å². The highest BCUT2D eigenvalue weighted by atomic mass is 14.3. The van der Waals surface area contributed by atoms with Gasteiger partial charge in [0.05, 0.1) is 6.07 Å². The van der Waals surface area contributed by atoms with Crippen LogP contribution < -0.4 is 0 Å². The minimum Gasteiger partial charge on any atom is -0.192 e. The van der Waals surface area contributed by atoms with Crippen LogP contribution in [0.25, 0.3) is 0 Å². The number of hydrogen-bond donors (Lipinski definition) is 0. The summed E-state index contributed by atoms with van der Waals surface area (Å²) in [5.41, 5.74) is 2.17. The van der Waals surface area contributed by atoms with Crippen molar-refractivity contribution in [3.8, 4) is 6.07 Å². The first kappa shape index (κ1) is 7.36. The van der Waals surface area contributed by atoms with Crippen LogP contribution in [0.4, 0.5) is 0 Å². The second kappa shape index (κ2) is 2.98. The second-order valence-corrected chi connectivity index (χ2v) is 3.39. The van der Waals surface area contributed by atoms with E-state index in [0.29, 0.717) is 0 Å². The lowest BCUT2D eigenvalue weighted by Gasteiger charge is -2.02. The Morgan fingerprint density at radius 2 is 2.25 bits per heavy atom. The summed E-state index contributed by atoms with van der Waals surface area (Å²) in [5.74, 6) is 0.835. The molecule has 1 saturated carbocycles. The third kappa shape index (κ3) is 1.65. The van der Waals surface area contributed by atoms with E-state index in [1.54, 1.807) is 0 Å². The molecule has 2 aliphatic carbocycles. The maximum atomic E-state index is 8.58. The van der Waals surface area contributed by atoms with Gasteiger partial charge in [0.15, 0.2) is 0 Å². The van der Waals surface area contributed by atoms with Gasteiger partial charge in [0.25, 0.3) is 0 Å².